The third kappa shape index (κ3) is 22.3. The minimum atomic E-state index is -0.671. The van der Waals surface area contributed by atoms with E-state index in [-0.39, 0.29) is 27.3 Å². The zero-order valence-corrected chi connectivity index (χ0v) is 17.5. The molecule has 2 radical (unpaired) electrons. The first-order chi connectivity index (χ1) is 9.77. The van der Waals surface area contributed by atoms with Gasteiger partial charge in [0.15, 0.2) is 0 Å². The number of hydrogen-bond donors (Lipinski definition) is 1. The van der Waals surface area contributed by atoms with Crippen molar-refractivity contribution >= 4 is 33.3 Å². The standard InChI is InChI=1S/C18H32O2.Pb/c1-2-3-4-5-6-7-8-9-10-11-12-13-14-15-16-17-18(19)20;/h6-7,9-10H,2-5,8,11-17H2,1H3,(H,19,20);/q;+2/b7-6-,10-9-;. The summed E-state index contributed by atoms with van der Waals surface area (Å²) in [6.45, 7) is 2.23. The molecule has 0 aromatic carbocycles. The van der Waals surface area contributed by atoms with Crippen molar-refractivity contribution < 1.29 is 9.90 Å². The van der Waals surface area contributed by atoms with E-state index in [0.717, 1.165) is 25.7 Å². The molecule has 1 N–H and O–H groups in total. The van der Waals surface area contributed by atoms with Gasteiger partial charge in [-0.1, -0.05) is 63.3 Å². The van der Waals surface area contributed by atoms with Crippen LogP contribution in [0.4, 0.5) is 0 Å². The molecule has 0 aliphatic rings. The van der Waals surface area contributed by atoms with Crippen LogP contribution in [-0.4, -0.2) is 38.4 Å². The van der Waals surface area contributed by atoms with Crippen LogP contribution in [0.1, 0.15) is 84.0 Å². The van der Waals surface area contributed by atoms with E-state index in [9.17, 15) is 4.79 Å². The zero-order valence-electron chi connectivity index (χ0n) is 13.7. The molecule has 0 rings (SSSR count). The summed E-state index contributed by atoms with van der Waals surface area (Å²) < 4.78 is 0. The minimum Gasteiger partial charge on any atom is -0.481 e. The van der Waals surface area contributed by atoms with E-state index in [2.05, 4.69) is 31.2 Å². The van der Waals surface area contributed by atoms with Gasteiger partial charge in [0.25, 0.3) is 0 Å². The molecule has 0 aromatic heterocycles. The van der Waals surface area contributed by atoms with Crippen molar-refractivity contribution in [1.29, 1.82) is 0 Å². The molecule has 3 heteroatoms. The fraction of sp³-hybridized carbons (Fsp3) is 0.722. The van der Waals surface area contributed by atoms with E-state index in [1.807, 2.05) is 0 Å². The van der Waals surface area contributed by atoms with Crippen molar-refractivity contribution in [3.63, 3.8) is 0 Å². The predicted molar refractivity (Wildman–Crippen MR) is 92.7 cm³/mol. The second-order valence-corrected chi connectivity index (χ2v) is 5.37. The number of rotatable bonds is 14. The summed E-state index contributed by atoms with van der Waals surface area (Å²) in [4.78, 5) is 10.3. The second-order valence-electron chi connectivity index (χ2n) is 5.37. The maximum Gasteiger partial charge on any atom is 2.00 e. The number of carboxylic acid groups (broad SMARTS) is 1. The summed E-state index contributed by atoms with van der Waals surface area (Å²) in [5.74, 6) is -0.671. The van der Waals surface area contributed by atoms with Gasteiger partial charge in [-0.15, -0.1) is 0 Å². The molecule has 0 fully saturated rings. The third-order valence-corrected chi connectivity index (χ3v) is 3.34. The summed E-state index contributed by atoms with van der Waals surface area (Å²) in [5.41, 5.74) is 0. The van der Waals surface area contributed by atoms with Gasteiger partial charge in [-0.2, -0.15) is 0 Å². The predicted octanol–water partition coefficient (Wildman–Crippen LogP) is 5.50. The van der Waals surface area contributed by atoms with Crippen LogP contribution >= 0.6 is 0 Å². The van der Waals surface area contributed by atoms with Crippen LogP contribution in [0, 0.1) is 0 Å². The molecule has 0 bridgehead atoms. The maximum atomic E-state index is 10.3. The number of carbonyl (C=O) groups is 1. The van der Waals surface area contributed by atoms with Gasteiger partial charge in [0.1, 0.15) is 0 Å². The van der Waals surface area contributed by atoms with E-state index in [4.69, 9.17) is 5.11 Å². The molecule has 0 spiro atoms. The van der Waals surface area contributed by atoms with Crippen molar-refractivity contribution in [2.24, 2.45) is 0 Å². The Labute approximate surface area is 151 Å². The molecule has 0 amide bonds. The van der Waals surface area contributed by atoms with Gasteiger partial charge < -0.3 is 5.11 Å². The number of unbranched alkanes of at least 4 members (excludes halogenated alkanes) is 8. The largest absolute Gasteiger partial charge is 2.00 e. The molecule has 0 aliphatic heterocycles. The molecule has 0 atom stereocenters. The van der Waals surface area contributed by atoms with E-state index < -0.39 is 5.97 Å². The average molecular weight is 488 g/mol. The van der Waals surface area contributed by atoms with Crippen LogP contribution in [0.15, 0.2) is 24.3 Å². The molecule has 0 aliphatic carbocycles. The van der Waals surface area contributed by atoms with Gasteiger partial charge in [-0.05, 0) is 38.5 Å². The molecular weight excluding hydrogens is 455 g/mol. The topological polar surface area (TPSA) is 37.3 Å². The second kappa shape index (κ2) is 19.9. The van der Waals surface area contributed by atoms with Crippen LogP contribution in [-0.2, 0) is 4.79 Å². The van der Waals surface area contributed by atoms with Crippen LogP contribution in [0.2, 0.25) is 0 Å². The molecule has 21 heavy (non-hydrogen) atoms. The third-order valence-electron chi connectivity index (χ3n) is 3.34. The number of allylic oxidation sites excluding steroid dienone is 4. The molecule has 2 nitrogen and oxygen atoms in total. The van der Waals surface area contributed by atoms with E-state index in [1.165, 1.54) is 44.9 Å². The van der Waals surface area contributed by atoms with Crippen LogP contribution < -0.4 is 0 Å². The fourth-order valence-electron chi connectivity index (χ4n) is 2.09. The minimum absolute atomic E-state index is 0. The SMILES string of the molecule is CCCCC/C=C\C/C=C\CCCCCCCC(=O)O.[Pb+2]. The zero-order chi connectivity index (χ0) is 14.9. The molecule has 0 saturated heterocycles. The van der Waals surface area contributed by atoms with E-state index in [1.54, 1.807) is 0 Å². The first kappa shape index (κ1) is 23.1. The van der Waals surface area contributed by atoms with Gasteiger partial charge >= 0.3 is 33.3 Å². The molecular formula is C18H32O2Pb+2. The Morgan fingerprint density at radius 2 is 1.33 bits per heavy atom. The number of hydrogen-bond acceptors (Lipinski definition) is 1. The first-order valence-corrected chi connectivity index (χ1v) is 8.29. The summed E-state index contributed by atoms with van der Waals surface area (Å²) in [7, 11) is 0. The molecule has 0 unspecified atom stereocenters. The van der Waals surface area contributed by atoms with Gasteiger partial charge in [0, 0.05) is 6.42 Å². The Morgan fingerprint density at radius 1 is 0.810 bits per heavy atom. The normalized spacial score (nSPS) is 11.1. The van der Waals surface area contributed by atoms with Crippen LogP contribution in [0.5, 0.6) is 0 Å². The summed E-state index contributed by atoms with van der Waals surface area (Å²) in [6.07, 6.45) is 22.3. The van der Waals surface area contributed by atoms with E-state index >= 15 is 0 Å². The van der Waals surface area contributed by atoms with Crippen LogP contribution in [0.3, 0.4) is 0 Å². The van der Waals surface area contributed by atoms with Crippen molar-refractivity contribution in [3.05, 3.63) is 24.3 Å². The van der Waals surface area contributed by atoms with Crippen LogP contribution in [0.25, 0.3) is 0 Å². The molecule has 0 aromatic rings. The quantitative estimate of drug-likeness (QED) is 0.199. The Bertz CT molecular complexity index is 272. The van der Waals surface area contributed by atoms with Crippen molar-refractivity contribution in [3.8, 4) is 0 Å². The smallest absolute Gasteiger partial charge is 0.481 e. The van der Waals surface area contributed by atoms with Crippen molar-refractivity contribution in [1.82, 2.24) is 0 Å². The summed E-state index contributed by atoms with van der Waals surface area (Å²) in [5, 5.41) is 8.50. The van der Waals surface area contributed by atoms with Gasteiger partial charge in [0.2, 0.25) is 0 Å². The fourth-order valence-corrected chi connectivity index (χ4v) is 2.09. The first-order valence-electron chi connectivity index (χ1n) is 8.29. The average Bonchev–Trinajstić information content (AvgIpc) is 2.43. The van der Waals surface area contributed by atoms with Crippen molar-refractivity contribution in [2.45, 2.75) is 84.0 Å². The molecule has 0 heterocycles. The van der Waals surface area contributed by atoms with Gasteiger partial charge in [-0.3, -0.25) is 4.79 Å². The molecule has 0 saturated carbocycles. The Hall–Kier alpha value is -0.128. The summed E-state index contributed by atoms with van der Waals surface area (Å²) in [6, 6.07) is 0. The van der Waals surface area contributed by atoms with Gasteiger partial charge in [0.05, 0.1) is 0 Å². The molecule has 118 valence electrons. The van der Waals surface area contributed by atoms with Gasteiger partial charge in [-0.25, -0.2) is 0 Å². The van der Waals surface area contributed by atoms with E-state index in [0.29, 0.717) is 6.42 Å². The Morgan fingerprint density at radius 3 is 1.90 bits per heavy atom. The maximum absolute atomic E-state index is 10.3. The number of aliphatic carboxylic acids is 1. The number of carboxylic acids is 1. The monoisotopic (exact) mass is 488 g/mol. The van der Waals surface area contributed by atoms with Crippen molar-refractivity contribution in [2.75, 3.05) is 0 Å². The Balaban J connectivity index is 0. The Kier molecular flexibility index (Phi) is 21.9. The summed E-state index contributed by atoms with van der Waals surface area (Å²) >= 11 is 0.